The Kier molecular flexibility index (Phi) is 19.3. The van der Waals surface area contributed by atoms with Crippen LogP contribution in [0, 0.1) is 23.7 Å². The van der Waals surface area contributed by atoms with Gasteiger partial charge in [0.15, 0.2) is 24.3 Å². The number of nitrogens with two attached hydrogens (primary N) is 1. The number of nitrogens with zero attached hydrogens (tertiary/aromatic N) is 5. The topological polar surface area (TPSA) is 215 Å². The molecule has 7 rings (SSSR count). The molecule has 5 heterocycles. The smallest absolute Gasteiger partial charge is 0.410 e. The largest absolute Gasteiger partial charge is 0.458 e. The quantitative estimate of drug-likeness (QED) is 0.0620. The zero-order valence-corrected chi connectivity index (χ0v) is 47.8. The number of amides is 1. The summed E-state index contributed by atoms with van der Waals surface area (Å²) in [4.78, 5) is 62.0. The van der Waals surface area contributed by atoms with E-state index in [1.165, 1.54) is 0 Å². The number of ketones is 1. The van der Waals surface area contributed by atoms with Gasteiger partial charge in [0.1, 0.15) is 23.2 Å². The van der Waals surface area contributed by atoms with E-state index in [0.717, 1.165) is 12.0 Å². The molecule has 1 aromatic heterocycles. The number of unbranched alkanes of at least 4 members (excludes halogenated alkanes) is 1. The average molecular weight is 1080 g/mol. The lowest BCUT2D eigenvalue weighted by Crippen LogP contribution is -2.61. The van der Waals surface area contributed by atoms with Crippen molar-refractivity contribution in [3.63, 3.8) is 0 Å². The molecule has 4 fully saturated rings. The molecule has 0 radical (unpaired) electrons. The first-order chi connectivity index (χ1) is 36.4. The normalized spacial score (nSPS) is 36.5. The number of anilines is 1. The van der Waals surface area contributed by atoms with Crippen molar-refractivity contribution in [1.82, 2.24) is 24.8 Å². The van der Waals surface area contributed by atoms with Crippen LogP contribution in [0.4, 0.5) is 10.5 Å². The number of esters is 2. The van der Waals surface area contributed by atoms with Crippen molar-refractivity contribution in [1.29, 1.82) is 0 Å². The van der Waals surface area contributed by atoms with Crippen molar-refractivity contribution < 1.29 is 61.8 Å². The standard InChI is InChI=1S/C58H86N6O13/c1-15-45-58(10)50(64(55(68)77-58)27-20-19-26-63-33-44(60-61-63)41-24-21-25-42(59)29-41)36(4)48(65)34(2)31-56(8,69-13)51(75-46-30-43(62(11)12)28-35(3)71-46)37(5)49(38(6)53(66)73-45)74-47-32-57(9,70-14)52(39(7)72-47)76-54(67)40-22-17-16-18-23-40/h16-18,21-25,29,33-39,43,45-47,49-52H,15,19-20,26-28,30-32,59H2,1-14H3/t34-,35-,36+,37+,38-,39+,43+,45-,46+,47+,49+,50?,51-,52+,56+,57-,58-/m1/s1. The van der Waals surface area contributed by atoms with Crippen LogP contribution >= 0.6 is 0 Å². The molecule has 3 aromatic rings. The third-order valence-corrected chi connectivity index (χ3v) is 17.0. The molecule has 4 saturated heterocycles. The molecule has 19 heteroatoms. The number of cyclic esters (lactones) is 1. The summed E-state index contributed by atoms with van der Waals surface area (Å²) in [7, 11) is 7.24. The van der Waals surface area contributed by atoms with Crippen molar-refractivity contribution in [3.8, 4) is 11.3 Å². The second-order valence-corrected chi connectivity index (χ2v) is 23.0. The van der Waals surface area contributed by atoms with E-state index in [9.17, 15) is 9.59 Å². The number of aryl methyl sites for hydroxylation is 1. The number of methoxy groups -OCH3 is 2. The second kappa shape index (κ2) is 25.0. The number of nitrogen functional groups attached to an aromatic ring is 1. The molecule has 0 spiro atoms. The summed E-state index contributed by atoms with van der Waals surface area (Å²) in [5.74, 6) is -4.28. The summed E-state index contributed by atoms with van der Waals surface area (Å²) < 4.78 is 61.1. The molecule has 4 aliphatic heterocycles. The molecule has 1 amide bonds. The Hall–Kier alpha value is -5.02. The Labute approximate surface area is 455 Å². The highest BCUT2D eigenvalue weighted by molar-refractivity contribution is 5.89. The number of Topliss-reactive ketones (excluding diaryl/α,β-unsaturated/α-hetero) is 1. The first-order valence-corrected chi connectivity index (χ1v) is 27.6. The van der Waals surface area contributed by atoms with Crippen LogP contribution in [0.5, 0.6) is 0 Å². The number of rotatable bonds is 16. The molecule has 0 aliphatic carbocycles. The number of fused-ring (bicyclic) bond motifs is 1. The van der Waals surface area contributed by atoms with Crippen molar-refractivity contribution in [2.75, 3.05) is 40.6 Å². The minimum Gasteiger partial charge on any atom is -0.458 e. The van der Waals surface area contributed by atoms with E-state index in [4.69, 9.17) is 48.4 Å². The molecular weight excluding hydrogens is 989 g/mol. The van der Waals surface area contributed by atoms with Crippen LogP contribution in [0.25, 0.3) is 11.3 Å². The van der Waals surface area contributed by atoms with Gasteiger partial charge in [-0.1, -0.05) is 63.2 Å². The van der Waals surface area contributed by atoms with E-state index >= 15 is 9.59 Å². The van der Waals surface area contributed by atoms with Gasteiger partial charge in [-0.2, -0.15) is 0 Å². The highest BCUT2D eigenvalue weighted by Gasteiger charge is 2.61. The van der Waals surface area contributed by atoms with E-state index in [2.05, 4.69) is 15.2 Å². The number of ether oxygens (including phenoxy) is 9. The van der Waals surface area contributed by atoms with Crippen LogP contribution < -0.4 is 5.73 Å². The monoisotopic (exact) mass is 1070 g/mol. The van der Waals surface area contributed by atoms with Crippen LogP contribution in [0.1, 0.15) is 125 Å². The Balaban J connectivity index is 1.21. The maximum absolute atomic E-state index is 15.2. The first-order valence-electron chi connectivity index (χ1n) is 27.6. The van der Waals surface area contributed by atoms with Gasteiger partial charge in [-0.15, -0.1) is 5.10 Å². The lowest BCUT2D eigenvalue weighted by molar-refractivity contribution is -0.309. The number of carbonyl (C=O) groups is 4. The fraction of sp³-hybridized carbons (Fsp3) is 0.690. The van der Waals surface area contributed by atoms with Crippen molar-refractivity contribution >= 4 is 29.5 Å². The highest BCUT2D eigenvalue weighted by atomic mass is 16.7. The molecule has 4 aliphatic rings. The van der Waals surface area contributed by atoms with E-state index in [0.29, 0.717) is 42.8 Å². The van der Waals surface area contributed by atoms with Gasteiger partial charge in [0.05, 0.1) is 53.7 Å². The third kappa shape index (κ3) is 13.2. The molecular formula is C58H86N6O13. The zero-order valence-electron chi connectivity index (χ0n) is 47.8. The molecule has 2 aromatic carbocycles. The van der Waals surface area contributed by atoms with Crippen LogP contribution in [0.3, 0.4) is 0 Å². The highest BCUT2D eigenvalue weighted by Crippen LogP contribution is 2.45. The van der Waals surface area contributed by atoms with Gasteiger partial charge in [-0.3, -0.25) is 14.3 Å². The summed E-state index contributed by atoms with van der Waals surface area (Å²) in [6, 6.07) is 15.5. The van der Waals surface area contributed by atoms with Gasteiger partial charge in [-0.25, -0.2) is 9.59 Å². The van der Waals surface area contributed by atoms with E-state index in [1.54, 1.807) is 68.8 Å². The Morgan fingerprint density at radius 1 is 0.831 bits per heavy atom. The fourth-order valence-corrected chi connectivity index (χ4v) is 12.6. The van der Waals surface area contributed by atoms with Gasteiger partial charge < -0.3 is 58.2 Å². The van der Waals surface area contributed by atoms with Gasteiger partial charge in [-0.05, 0) is 112 Å². The number of hydrogen-bond acceptors (Lipinski definition) is 17. The first kappa shape index (κ1) is 59.6. The minimum atomic E-state index is -1.44. The molecule has 0 saturated carbocycles. The molecule has 19 nitrogen and oxygen atoms in total. The fourth-order valence-electron chi connectivity index (χ4n) is 12.6. The van der Waals surface area contributed by atoms with Gasteiger partial charge in [0.2, 0.25) is 0 Å². The summed E-state index contributed by atoms with van der Waals surface area (Å²) in [5, 5.41) is 8.67. The summed E-state index contributed by atoms with van der Waals surface area (Å²) >= 11 is 0. The number of carbonyl (C=O) groups excluding carboxylic acids is 4. The molecule has 1 unspecified atom stereocenters. The van der Waals surface area contributed by atoms with Gasteiger partial charge in [0, 0.05) is 75.2 Å². The summed E-state index contributed by atoms with van der Waals surface area (Å²) in [6.07, 6.45) is -1.76. The molecule has 426 valence electrons. The third-order valence-electron chi connectivity index (χ3n) is 17.0. The van der Waals surface area contributed by atoms with Crippen molar-refractivity contribution in [2.24, 2.45) is 23.7 Å². The van der Waals surface area contributed by atoms with Crippen molar-refractivity contribution in [3.05, 3.63) is 66.4 Å². The van der Waals surface area contributed by atoms with E-state index in [-0.39, 0.29) is 43.7 Å². The Bertz CT molecular complexity index is 2480. The van der Waals surface area contributed by atoms with Crippen LogP contribution in [-0.4, -0.2) is 162 Å². The Morgan fingerprint density at radius 3 is 2.18 bits per heavy atom. The average Bonchev–Trinajstić information content (AvgIpc) is 3.98. The predicted octanol–water partition coefficient (Wildman–Crippen LogP) is 8.12. The molecule has 2 N–H and O–H groups in total. The number of aromatic nitrogens is 3. The number of benzene rings is 2. The van der Waals surface area contributed by atoms with Crippen LogP contribution in [0.2, 0.25) is 0 Å². The van der Waals surface area contributed by atoms with E-state index in [1.807, 2.05) is 99.1 Å². The maximum Gasteiger partial charge on any atom is 0.410 e. The van der Waals surface area contributed by atoms with E-state index < -0.39 is 108 Å². The summed E-state index contributed by atoms with van der Waals surface area (Å²) in [5.41, 5.74) is 4.86. The van der Waals surface area contributed by atoms with Gasteiger partial charge >= 0.3 is 18.0 Å². The molecule has 77 heavy (non-hydrogen) atoms. The zero-order chi connectivity index (χ0) is 56.1. The molecule has 17 atom stereocenters. The molecule has 0 bridgehead atoms. The van der Waals surface area contributed by atoms with Crippen LogP contribution in [-0.2, 0) is 58.8 Å². The maximum atomic E-state index is 15.2. The number of hydrogen-bond donors (Lipinski definition) is 1. The SMILES string of the molecule is CC[C@H]1OC(=O)[C@H](C)[C@@H](O[C@H]2C[C@@](C)(OC)[C@@H](OC(=O)c3ccccc3)[C@H](C)O2)[C@H](C)[C@@H](O[C@H]2C[C@@H](N(C)C)C[C@@H](C)O2)[C@@](C)(OC)C[C@@H](C)C(=O)[C@H](C)C2N(CCCCn3cc(-c4cccc(N)c4)nn3)C(=O)O[C@@]21C. The Morgan fingerprint density at radius 2 is 1.52 bits per heavy atom. The lowest BCUT2D eigenvalue weighted by Gasteiger charge is -2.49. The predicted molar refractivity (Wildman–Crippen MR) is 287 cm³/mol. The second-order valence-electron chi connectivity index (χ2n) is 23.0. The summed E-state index contributed by atoms with van der Waals surface area (Å²) in [6.45, 7) is 19.5. The van der Waals surface area contributed by atoms with Crippen molar-refractivity contribution in [2.45, 2.75) is 199 Å². The minimum absolute atomic E-state index is 0.113. The van der Waals surface area contributed by atoms with Crippen LogP contribution in [0.15, 0.2) is 60.8 Å². The van der Waals surface area contributed by atoms with Gasteiger partial charge in [0.25, 0.3) is 0 Å². The lowest BCUT2D eigenvalue weighted by atomic mass is 9.73.